The number of halogens is 3. The molecule has 1 N–H and O–H groups in total. The van der Waals surface area contributed by atoms with Crippen LogP contribution in [0.3, 0.4) is 0 Å². The lowest BCUT2D eigenvalue weighted by atomic mass is 10.0. The second-order valence-electron chi connectivity index (χ2n) is 7.97. The first-order valence-corrected chi connectivity index (χ1v) is 12.6. The van der Waals surface area contributed by atoms with Crippen molar-refractivity contribution in [1.29, 1.82) is 0 Å². The Hall–Kier alpha value is -2.95. The quantitative estimate of drug-likeness (QED) is 0.369. The number of sulfonamides is 1. The molecule has 0 aliphatic carbocycles. The van der Waals surface area contributed by atoms with Gasteiger partial charge in [-0.05, 0) is 66.1 Å². The Bertz CT molecular complexity index is 1510. The van der Waals surface area contributed by atoms with E-state index in [9.17, 15) is 26.4 Å². The fourth-order valence-corrected chi connectivity index (χ4v) is 5.91. The first kappa shape index (κ1) is 24.2. The van der Waals surface area contributed by atoms with Crippen molar-refractivity contribution in [3.05, 3.63) is 97.5 Å². The van der Waals surface area contributed by atoms with Gasteiger partial charge >= 0.3 is 6.18 Å². The third-order valence-corrected chi connectivity index (χ3v) is 8.33. The molecule has 0 radical (unpaired) electrons. The van der Waals surface area contributed by atoms with Gasteiger partial charge in [-0.3, -0.25) is 4.79 Å². The lowest BCUT2D eigenvalue weighted by molar-refractivity contribution is -0.137. The molecule has 0 saturated heterocycles. The highest BCUT2D eigenvalue weighted by atomic mass is 32.2. The van der Waals surface area contributed by atoms with Gasteiger partial charge in [0, 0.05) is 23.5 Å². The Balaban J connectivity index is 1.79. The highest BCUT2D eigenvalue weighted by Crippen LogP contribution is 2.32. The maximum atomic E-state index is 13.5. The molecule has 10 heteroatoms. The van der Waals surface area contributed by atoms with Gasteiger partial charge in [0.15, 0.2) is 0 Å². The van der Waals surface area contributed by atoms with Crippen molar-refractivity contribution in [2.75, 3.05) is 0 Å². The molecule has 0 bridgehead atoms. The summed E-state index contributed by atoms with van der Waals surface area (Å²) < 4.78 is 67.6. The number of nitrogens with one attached hydrogen (secondary N) is 1. The van der Waals surface area contributed by atoms with Crippen LogP contribution in [0.25, 0.3) is 10.9 Å². The van der Waals surface area contributed by atoms with Crippen LogP contribution in [-0.2, 0) is 29.3 Å². The zero-order chi connectivity index (χ0) is 24.7. The zero-order valence-corrected chi connectivity index (χ0v) is 19.9. The van der Waals surface area contributed by atoms with Gasteiger partial charge in [-0.25, -0.2) is 8.42 Å². The number of benzene rings is 2. The van der Waals surface area contributed by atoms with Crippen LogP contribution in [0.4, 0.5) is 13.2 Å². The fraction of sp³-hybridized carbons (Fsp3) is 0.208. The van der Waals surface area contributed by atoms with Gasteiger partial charge in [0.25, 0.3) is 5.56 Å². The number of hydrogen-bond acceptors (Lipinski definition) is 4. The van der Waals surface area contributed by atoms with Crippen LogP contribution >= 0.6 is 11.3 Å². The Morgan fingerprint density at radius 3 is 2.44 bits per heavy atom. The molecular weight excluding hydrogens is 485 g/mol. The third-order valence-electron chi connectivity index (χ3n) is 5.69. The van der Waals surface area contributed by atoms with Crippen molar-refractivity contribution in [2.24, 2.45) is 0 Å². The average Bonchev–Trinajstić information content (AvgIpc) is 3.30. The molecule has 0 aliphatic heterocycles. The van der Waals surface area contributed by atoms with Gasteiger partial charge in [-0.15, -0.1) is 11.3 Å². The molecule has 5 nitrogen and oxygen atoms in total. The number of aryl methyl sites for hydroxylation is 2. The van der Waals surface area contributed by atoms with Crippen LogP contribution in [0.1, 0.15) is 27.1 Å². The lowest BCUT2D eigenvalue weighted by Gasteiger charge is -2.22. The van der Waals surface area contributed by atoms with Crippen molar-refractivity contribution in [3.63, 3.8) is 0 Å². The van der Waals surface area contributed by atoms with E-state index in [2.05, 4.69) is 4.98 Å². The molecule has 178 valence electrons. The van der Waals surface area contributed by atoms with Crippen LogP contribution < -0.4 is 5.56 Å². The summed E-state index contributed by atoms with van der Waals surface area (Å²) >= 11 is 1.32. The van der Waals surface area contributed by atoms with E-state index in [4.69, 9.17) is 0 Å². The molecule has 2 heterocycles. The monoisotopic (exact) mass is 506 g/mol. The van der Waals surface area contributed by atoms with Gasteiger partial charge < -0.3 is 4.98 Å². The van der Waals surface area contributed by atoms with Crippen LogP contribution in [0.5, 0.6) is 0 Å². The summed E-state index contributed by atoms with van der Waals surface area (Å²) in [6.45, 7) is 3.43. The van der Waals surface area contributed by atoms with E-state index in [1.54, 1.807) is 23.6 Å². The van der Waals surface area contributed by atoms with Gasteiger partial charge in [0.2, 0.25) is 10.0 Å². The molecule has 4 aromatic rings. The van der Waals surface area contributed by atoms with Crippen molar-refractivity contribution < 1.29 is 21.6 Å². The summed E-state index contributed by atoms with van der Waals surface area (Å²) in [7, 11) is -4.36. The molecule has 0 amide bonds. The SMILES string of the molecule is Cc1ccc2cc(CN(Cc3cccs3)S(=O)(=O)c3cccc(C(F)(F)F)c3)c(=O)[nH]c2c1C. The second kappa shape index (κ2) is 9.01. The highest BCUT2D eigenvalue weighted by Gasteiger charge is 2.33. The Morgan fingerprint density at radius 1 is 1.00 bits per heavy atom. The third kappa shape index (κ3) is 4.79. The number of thiophene rings is 1. The maximum Gasteiger partial charge on any atom is 0.416 e. The van der Waals surface area contributed by atoms with E-state index < -0.39 is 32.2 Å². The number of pyridine rings is 1. The predicted octanol–water partition coefficient (Wildman–Crippen LogP) is 5.62. The predicted molar refractivity (Wildman–Crippen MR) is 126 cm³/mol. The summed E-state index contributed by atoms with van der Waals surface area (Å²) in [5.41, 5.74) is 1.27. The van der Waals surface area contributed by atoms with Crippen LogP contribution in [0, 0.1) is 13.8 Å². The molecule has 0 aliphatic rings. The molecule has 0 spiro atoms. The minimum atomic E-state index is -4.68. The van der Waals surface area contributed by atoms with Crippen molar-refractivity contribution in [1.82, 2.24) is 9.29 Å². The molecular formula is C24H21F3N2O3S2. The number of fused-ring (bicyclic) bond motifs is 1. The number of aromatic nitrogens is 1. The summed E-state index contributed by atoms with van der Waals surface area (Å²) in [6, 6.07) is 12.5. The number of nitrogens with zero attached hydrogens (tertiary/aromatic N) is 1. The second-order valence-corrected chi connectivity index (χ2v) is 10.9. The maximum absolute atomic E-state index is 13.5. The molecule has 0 fully saturated rings. The average molecular weight is 507 g/mol. The summed E-state index contributed by atoms with van der Waals surface area (Å²) in [6.07, 6.45) is -4.68. The smallest absolute Gasteiger partial charge is 0.321 e. The molecule has 34 heavy (non-hydrogen) atoms. The van der Waals surface area contributed by atoms with Crippen molar-refractivity contribution in [3.8, 4) is 0 Å². The number of alkyl halides is 3. The molecule has 0 atom stereocenters. The van der Waals surface area contributed by atoms with Crippen molar-refractivity contribution in [2.45, 2.75) is 38.0 Å². The number of H-pyrrole nitrogens is 1. The van der Waals surface area contributed by atoms with E-state index in [0.29, 0.717) is 16.5 Å². The highest BCUT2D eigenvalue weighted by molar-refractivity contribution is 7.89. The van der Waals surface area contributed by atoms with Gasteiger partial charge in [-0.1, -0.05) is 24.3 Å². The number of hydrogen-bond donors (Lipinski definition) is 1. The minimum Gasteiger partial charge on any atom is -0.321 e. The van der Waals surface area contributed by atoms with Crippen molar-refractivity contribution >= 4 is 32.3 Å². The van der Waals surface area contributed by atoms with Gasteiger partial charge in [0.05, 0.1) is 16.0 Å². The van der Waals surface area contributed by atoms with Gasteiger partial charge in [0.1, 0.15) is 0 Å². The van der Waals surface area contributed by atoms with E-state index in [-0.39, 0.29) is 18.7 Å². The van der Waals surface area contributed by atoms with E-state index >= 15 is 0 Å². The van der Waals surface area contributed by atoms with E-state index in [1.165, 1.54) is 11.3 Å². The zero-order valence-electron chi connectivity index (χ0n) is 18.3. The number of rotatable bonds is 6. The van der Waals surface area contributed by atoms with E-state index in [0.717, 1.165) is 39.0 Å². The van der Waals surface area contributed by atoms with Crippen LogP contribution in [-0.4, -0.2) is 17.7 Å². The molecule has 0 saturated carbocycles. The summed E-state index contributed by atoms with van der Waals surface area (Å²) in [5, 5.41) is 2.52. The topological polar surface area (TPSA) is 70.2 Å². The normalized spacial score (nSPS) is 12.5. The summed E-state index contributed by atoms with van der Waals surface area (Å²) in [4.78, 5) is 15.9. The molecule has 2 aromatic carbocycles. The Kier molecular flexibility index (Phi) is 6.41. The first-order valence-electron chi connectivity index (χ1n) is 10.3. The largest absolute Gasteiger partial charge is 0.416 e. The van der Waals surface area contributed by atoms with E-state index in [1.807, 2.05) is 26.0 Å². The number of aromatic amines is 1. The Labute approximate surface area is 198 Å². The lowest BCUT2D eigenvalue weighted by Crippen LogP contribution is -2.32. The Morgan fingerprint density at radius 2 is 1.76 bits per heavy atom. The molecule has 2 aromatic heterocycles. The fourth-order valence-electron chi connectivity index (χ4n) is 3.66. The standard InChI is InChI=1S/C24H21F3N2O3S2/c1-15-8-9-17-11-18(23(30)28-22(17)16(15)2)13-29(14-20-6-4-10-33-20)34(31,32)21-7-3-5-19(12-21)24(25,26)27/h3-12H,13-14H2,1-2H3,(H,28,30). The van der Waals surface area contributed by atoms with Crippen LogP contribution in [0.15, 0.2) is 69.7 Å². The first-order chi connectivity index (χ1) is 16.0. The minimum absolute atomic E-state index is 0.0827. The van der Waals surface area contributed by atoms with Crippen LogP contribution in [0.2, 0.25) is 0 Å². The van der Waals surface area contributed by atoms with Gasteiger partial charge in [-0.2, -0.15) is 17.5 Å². The molecule has 0 unspecified atom stereocenters. The summed E-state index contributed by atoms with van der Waals surface area (Å²) in [5.74, 6) is 0. The molecule has 4 rings (SSSR count).